The molecule has 2 rings (SSSR count). The lowest BCUT2D eigenvalue weighted by atomic mass is 9.80. The van der Waals surface area contributed by atoms with Crippen LogP contribution in [0.5, 0.6) is 0 Å². The first-order valence-corrected chi connectivity index (χ1v) is 6.78. The van der Waals surface area contributed by atoms with Crippen molar-refractivity contribution >= 4 is 11.8 Å². The Morgan fingerprint density at radius 3 is 2.42 bits per heavy atom. The third kappa shape index (κ3) is 3.03. The fraction of sp³-hybridized carbons (Fsp3) is 0.500. The van der Waals surface area contributed by atoms with Gasteiger partial charge in [0, 0.05) is 11.0 Å². The highest BCUT2D eigenvalue weighted by atomic mass is 16.4. The number of rotatable bonds is 4. The predicted molar refractivity (Wildman–Crippen MR) is 73.4 cm³/mol. The molecule has 0 saturated heterocycles. The summed E-state index contributed by atoms with van der Waals surface area (Å²) in [4.78, 5) is 23.3. The number of carboxylic acids is 1. The van der Waals surface area contributed by atoms with Crippen LogP contribution in [0.15, 0.2) is 18.2 Å². The van der Waals surface area contributed by atoms with Crippen molar-refractivity contribution in [3.63, 3.8) is 0 Å². The van der Waals surface area contributed by atoms with Gasteiger partial charge in [0.1, 0.15) is 0 Å². The second-order valence-corrected chi connectivity index (χ2v) is 5.97. The summed E-state index contributed by atoms with van der Waals surface area (Å²) in [6.07, 6.45) is 4.36. The van der Waals surface area contributed by atoms with Crippen LogP contribution >= 0.6 is 0 Å². The lowest BCUT2D eigenvalue weighted by Crippen LogP contribution is -2.27. The van der Waals surface area contributed by atoms with E-state index in [4.69, 9.17) is 5.11 Å². The molecular weight excluding hydrogens is 240 g/mol. The molecule has 0 aromatic heterocycles. The zero-order valence-electron chi connectivity index (χ0n) is 11.5. The third-order valence-corrected chi connectivity index (χ3v) is 3.82. The van der Waals surface area contributed by atoms with Crippen LogP contribution in [0.2, 0.25) is 0 Å². The van der Waals surface area contributed by atoms with Crippen molar-refractivity contribution in [3.8, 4) is 0 Å². The van der Waals surface area contributed by atoms with Gasteiger partial charge in [0.25, 0.3) is 0 Å². The molecular formula is C16H20O3. The summed E-state index contributed by atoms with van der Waals surface area (Å²) in [5.41, 5.74) is 2.38. The van der Waals surface area contributed by atoms with Gasteiger partial charge in [-0.2, -0.15) is 0 Å². The number of carbonyl (C=O) groups is 2. The normalized spacial score (nSPS) is 14.8. The summed E-state index contributed by atoms with van der Waals surface area (Å²) in [5, 5.41) is 8.88. The molecule has 0 spiro atoms. The highest BCUT2D eigenvalue weighted by molar-refractivity contribution is 6.01. The summed E-state index contributed by atoms with van der Waals surface area (Å²) in [6, 6.07) is 5.83. The number of carboxylic acid groups (broad SMARTS) is 1. The van der Waals surface area contributed by atoms with Crippen LogP contribution in [-0.4, -0.2) is 16.9 Å². The number of aryl methyl sites for hydroxylation is 2. The molecule has 0 heterocycles. The molecule has 19 heavy (non-hydrogen) atoms. The second-order valence-electron chi connectivity index (χ2n) is 5.97. The molecule has 1 aliphatic rings. The minimum atomic E-state index is -0.934. The number of ketones is 1. The highest BCUT2D eigenvalue weighted by Gasteiger charge is 2.31. The Balaban J connectivity index is 2.26. The van der Waals surface area contributed by atoms with Crippen LogP contribution in [-0.2, 0) is 17.6 Å². The molecule has 0 fully saturated rings. The molecule has 1 aromatic rings. The SMILES string of the molecule is CC(C)(CC(=O)O)C(=O)c1ccc2c(c1)CCCC2. The van der Waals surface area contributed by atoms with E-state index in [2.05, 4.69) is 0 Å². The number of carbonyl (C=O) groups excluding carboxylic acids is 1. The number of hydrogen-bond donors (Lipinski definition) is 1. The van der Waals surface area contributed by atoms with Gasteiger partial charge in [-0.05, 0) is 42.9 Å². The van der Waals surface area contributed by atoms with Gasteiger partial charge < -0.3 is 5.11 Å². The van der Waals surface area contributed by atoms with E-state index in [1.54, 1.807) is 13.8 Å². The maximum absolute atomic E-state index is 12.4. The molecule has 0 bridgehead atoms. The van der Waals surface area contributed by atoms with Gasteiger partial charge in [0.05, 0.1) is 6.42 Å². The molecule has 3 nitrogen and oxygen atoms in total. The van der Waals surface area contributed by atoms with Gasteiger partial charge >= 0.3 is 5.97 Å². The summed E-state index contributed by atoms with van der Waals surface area (Å²) < 4.78 is 0. The maximum Gasteiger partial charge on any atom is 0.304 e. The molecule has 0 radical (unpaired) electrons. The average Bonchev–Trinajstić information content (AvgIpc) is 2.35. The molecule has 1 aromatic carbocycles. The average molecular weight is 260 g/mol. The lowest BCUT2D eigenvalue weighted by molar-refractivity contribution is -0.138. The Hall–Kier alpha value is -1.64. The fourth-order valence-electron chi connectivity index (χ4n) is 2.72. The Kier molecular flexibility index (Phi) is 3.74. The van der Waals surface area contributed by atoms with Gasteiger partial charge in [-0.3, -0.25) is 9.59 Å². The summed E-state index contributed by atoms with van der Waals surface area (Å²) in [5.74, 6) is -1.01. The van der Waals surface area contributed by atoms with Crippen LogP contribution in [0.3, 0.4) is 0 Å². The fourth-order valence-corrected chi connectivity index (χ4v) is 2.72. The molecule has 0 saturated carbocycles. The first-order valence-electron chi connectivity index (χ1n) is 6.78. The second kappa shape index (κ2) is 5.16. The number of hydrogen-bond acceptors (Lipinski definition) is 2. The number of Topliss-reactive ketones (excluding diaryl/α,β-unsaturated/α-hetero) is 1. The van der Waals surface area contributed by atoms with Crippen molar-refractivity contribution < 1.29 is 14.7 Å². The first kappa shape index (κ1) is 13.8. The zero-order valence-corrected chi connectivity index (χ0v) is 11.5. The minimum Gasteiger partial charge on any atom is -0.481 e. The van der Waals surface area contributed by atoms with Crippen LogP contribution in [0.4, 0.5) is 0 Å². The van der Waals surface area contributed by atoms with E-state index in [0.29, 0.717) is 5.56 Å². The monoisotopic (exact) mass is 260 g/mol. The van der Waals surface area contributed by atoms with Gasteiger partial charge in [-0.15, -0.1) is 0 Å². The molecule has 1 aliphatic carbocycles. The molecule has 3 heteroatoms. The van der Waals surface area contributed by atoms with E-state index < -0.39 is 11.4 Å². The topological polar surface area (TPSA) is 54.4 Å². The lowest BCUT2D eigenvalue weighted by Gasteiger charge is -2.22. The molecule has 0 atom stereocenters. The highest BCUT2D eigenvalue weighted by Crippen LogP contribution is 2.29. The van der Waals surface area contributed by atoms with Crippen molar-refractivity contribution in [3.05, 3.63) is 34.9 Å². The Morgan fingerprint density at radius 1 is 1.16 bits per heavy atom. The number of aliphatic carboxylic acids is 1. The van der Waals surface area contributed by atoms with E-state index >= 15 is 0 Å². The van der Waals surface area contributed by atoms with E-state index in [-0.39, 0.29) is 12.2 Å². The van der Waals surface area contributed by atoms with Crippen molar-refractivity contribution in [1.82, 2.24) is 0 Å². The molecule has 0 aliphatic heterocycles. The quantitative estimate of drug-likeness (QED) is 0.845. The van der Waals surface area contributed by atoms with Gasteiger partial charge in [-0.25, -0.2) is 0 Å². The van der Waals surface area contributed by atoms with Crippen LogP contribution < -0.4 is 0 Å². The van der Waals surface area contributed by atoms with Gasteiger partial charge in [0.15, 0.2) is 5.78 Å². The van der Waals surface area contributed by atoms with Gasteiger partial charge in [-0.1, -0.05) is 26.0 Å². The van der Waals surface area contributed by atoms with E-state index in [1.165, 1.54) is 24.0 Å². The van der Waals surface area contributed by atoms with E-state index in [0.717, 1.165) is 12.8 Å². The number of benzene rings is 1. The van der Waals surface area contributed by atoms with E-state index in [9.17, 15) is 9.59 Å². The standard InChI is InChI=1S/C16H20O3/c1-16(2,10-14(17)18)15(19)13-8-7-11-5-3-4-6-12(11)9-13/h7-9H,3-6,10H2,1-2H3,(H,17,18). The zero-order chi connectivity index (χ0) is 14.0. The number of fused-ring (bicyclic) bond motifs is 1. The third-order valence-electron chi connectivity index (χ3n) is 3.82. The maximum atomic E-state index is 12.4. The predicted octanol–water partition coefficient (Wildman–Crippen LogP) is 3.25. The van der Waals surface area contributed by atoms with Crippen LogP contribution in [0.1, 0.15) is 54.6 Å². The smallest absolute Gasteiger partial charge is 0.304 e. The molecule has 1 N–H and O–H groups in total. The summed E-state index contributed by atoms with van der Waals surface area (Å²) in [6.45, 7) is 3.39. The van der Waals surface area contributed by atoms with Crippen molar-refractivity contribution in [1.29, 1.82) is 0 Å². The van der Waals surface area contributed by atoms with Crippen molar-refractivity contribution in [2.75, 3.05) is 0 Å². The summed E-state index contributed by atoms with van der Waals surface area (Å²) >= 11 is 0. The Bertz CT molecular complexity index is 515. The van der Waals surface area contributed by atoms with Crippen LogP contribution in [0.25, 0.3) is 0 Å². The van der Waals surface area contributed by atoms with Crippen molar-refractivity contribution in [2.24, 2.45) is 5.41 Å². The Morgan fingerprint density at radius 2 is 1.79 bits per heavy atom. The van der Waals surface area contributed by atoms with Crippen LogP contribution in [0, 0.1) is 5.41 Å². The Labute approximate surface area is 113 Å². The summed E-state index contributed by atoms with van der Waals surface area (Å²) in [7, 11) is 0. The first-order chi connectivity index (χ1) is 8.90. The molecule has 102 valence electrons. The largest absolute Gasteiger partial charge is 0.481 e. The van der Waals surface area contributed by atoms with Crippen molar-refractivity contribution in [2.45, 2.75) is 46.0 Å². The molecule has 0 unspecified atom stereocenters. The minimum absolute atomic E-state index is 0.0803. The van der Waals surface area contributed by atoms with E-state index in [1.807, 2.05) is 18.2 Å². The molecule has 0 amide bonds. The van der Waals surface area contributed by atoms with Gasteiger partial charge in [0.2, 0.25) is 0 Å².